The largest absolute Gasteiger partial charge is 0.495 e. The van der Waals surface area contributed by atoms with E-state index in [2.05, 4.69) is 23.7 Å². The molecule has 0 aliphatic carbocycles. The number of benzene rings is 1. The average molecular weight is 425 g/mol. The van der Waals surface area contributed by atoms with Gasteiger partial charge < -0.3 is 15.0 Å². The van der Waals surface area contributed by atoms with E-state index in [9.17, 15) is 13.2 Å². The molecule has 0 radical (unpaired) electrons. The van der Waals surface area contributed by atoms with Crippen LogP contribution in [0.15, 0.2) is 34.5 Å². The van der Waals surface area contributed by atoms with Crippen molar-refractivity contribution in [3.8, 4) is 5.75 Å². The molecule has 2 atom stereocenters. The number of methoxy groups -OCH3 is 1. The van der Waals surface area contributed by atoms with Crippen molar-refractivity contribution in [2.24, 2.45) is 0 Å². The highest BCUT2D eigenvalue weighted by Crippen LogP contribution is 2.28. The Morgan fingerprint density at radius 3 is 2.79 bits per heavy atom. The van der Waals surface area contributed by atoms with Gasteiger partial charge in [-0.05, 0) is 36.6 Å². The van der Waals surface area contributed by atoms with Gasteiger partial charge in [-0.1, -0.05) is 0 Å². The van der Waals surface area contributed by atoms with Gasteiger partial charge in [0.2, 0.25) is 10.0 Å². The number of amides is 1. The van der Waals surface area contributed by atoms with Crippen LogP contribution in [0.4, 0.5) is 5.69 Å². The Morgan fingerprint density at radius 1 is 1.36 bits per heavy atom. The summed E-state index contributed by atoms with van der Waals surface area (Å²) in [5.74, 6) is 0.256. The summed E-state index contributed by atoms with van der Waals surface area (Å²) < 4.78 is 31.2. The molecular formula is C19H26N3O4S2+. The topological polar surface area (TPSA) is 80.2 Å². The Hall–Kier alpha value is -1.94. The minimum absolute atomic E-state index is 0.107. The number of nitrogens with zero attached hydrogens (tertiary/aromatic N) is 1. The number of ether oxygens (including phenoxy) is 1. The maximum Gasteiger partial charge on any atom is 0.279 e. The minimum Gasteiger partial charge on any atom is -0.495 e. The summed E-state index contributed by atoms with van der Waals surface area (Å²) in [6, 6.07) is 6.86. The molecule has 28 heavy (non-hydrogen) atoms. The SMILES string of the molecule is COc1ccc(S(=O)(=O)N(C)C)cc1NC(=O)C[NH+]1CCc2sccc2[C@@H]1C. The number of fused-ring (bicyclic) bond motifs is 1. The van der Waals surface area contributed by atoms with Crippen LogP contribution in [-0.2, 0) is 21.2 Å². The Labute approximate surface area is 170 Å². The van der Waals surface area contributed by atoms with Crippen LogP contribution in [0.3, 0.4) is 0 Å². The molecule has 2 N–H and O–H groups in total. The number of quaternary nitrogens is 1. The molecule has 0 spiro atoms. The lowest BCUT2D eigenvalue weighted by Crippen LogP contribution is -3.14. The molecule has 1 aromatic heterocycles. The van der Waals surface area contributed by atoms with E-state index in [0.717, 1.165) is 17.3 Å². The van der Waals surface area contributed by atoms with E-state index in [1.165, 1.54) is 48.7 Å². The van der Waals surface area contributed by atoms with Gasteiger partial charge in [0.15, 0.2) is 6.54 Å². The van der Waals surface area contributed by atoms with Crippen LogP contribution in [0.2, 0.25) is 0 Å². The first-order valence-electron chi connectivity index (χ1n) is 9.05. The molecule has 9 heteroatoms. The van der Waals surface area contributed by atoms with Crippen LogP contribution in [0, 0.1) is 0 Å². The van der Waals surface area contributed by atoms with Crippen molar-refractivity contribution >= 4 is 33.0 Å². The van der Waals surface area contributed by atoms with Gasteiger partial charge in [0.05, 0.1) is 24.2 Å². The molecule has 1 unspecified atom stereocenters. The molecule has 1 aliphatic heterocycles. The Morgan fingerprint density at radius 2 is 2.11 bits per heavy atom. The van der Waals surface area contributed by atoms with Crippen LogP contribution in [0.1, 0.15) is 23.4 Å². The first kappa shape index (κ1) is 20.8. The molecule has 2 aromatic rings. The van der Waals surface area contributed by atoms with Crippen LogP contribution in [-0.4, -0.2) is 52.9 Å². The van der Waals surface area contributed by atoms with Crippen molar-refractivity contribution in [2.75, 3.05) is 39.6 Å². The smallest absolute Gasteiger partial charge is 0.279 e. The van der Waals surface area contributed by atoms with E-state index in [1.807, 2.05) is 0 Å². The molecule has 0 saturated carbocycles. The lowest BCUT2D eigenvalue weighted by Gasteiger charge is -2.30. The predicted octanol–water partition coefficient (Wildman–Crippen LogP) is 1.15. The molecule has 2 heterocycles. The molecule has 1 aromatic carbocycles. The van der Waals surface area contributed by atoms with E-state index in [-0.39, 0.29) is 16.8 Å². The fourth-order valence-corrected chi connectivity index (χ4v) is 5.36. The van der Waals surface area contributed by atoms with Crippen molar-refractivity contribution in [1.82, 2.24) is 4.31 Å². The number of nitrogens with one attached hydrogen (secondary N) is 2. The van der Waals surface area contributed by atoms with Crippen molar-refractivity contribution in [3.63, 3.8) is 0 Å². The summed E-state index contributed by atoms with van der Waals surface area (Å²) >= 11 is 1.77. The number of carbonyl (C=O) groups is 1. The van der Waals surface area contributed by atoms with Gasteiger partial charge in [-0.3, -0.25) is 4.79 Å². The zero-order valence-electron chi connectivity index (χ0n) is 16.5. The molecule has 152 valence electrons. The zero-order valence-corrected chi connectivity index (χ0v) is 18.1. The Bertz CT molecular complexity index is 969. The average Bonchev–Trinajstić information content (AvgIpc) is 3.13. The summed E-state index contributed by atoms with van der Waals surface area (Å²) in [6.07, 6.45) is 0.972. The third-order valence-corrected chi connectivity index (χ3v) is 7.95. The fraction of sp³-hybridized carbons (Fsp3) is 0.421. The molecule has 3 rings (SSSR count). The second-order valence-electron chi connectivity index (χ2n) is 7.05. The summed E-state index contributed by atoms with van der Waals surface area (Å²) in [4.78, 5) is 15.4. The molecule has 0 bridgehead atoms. The van der Waals surface area contributed by atoms with Crippen LogP contribution < -0.4 is 15.0 Å². The van der Waals surface area contributed by atoms with Crippen molar-refractivity contribution in [1.29, 1.82) is 0 Å². The highest BCUT2D eigenvalue weighted by Gasteiger charge is 2.30. The molecule has 1 amide bonds. The van der Waals surface area contributed by atoms with Crippen molar-refractivity contribution < 1.29 is 22.8 Å². The van der Waals surface area contributed by atoms with Crippen LogP contribution >= 0.6 is 11.3 Å². The number of rotatable bonds is 6. The van der Waals surface area contributed by atoms with Gasteiger partial charge in [0.1, 0.15) is 11.8 Å². The van der Waals surface area contributed by atoms with Crippen molar-refractivity contribution in [3.05, 3.63) is 40.1 Å². The number of carbonyl (C=O) groups excluding carboxylic acids is 1. The first-order chi connectivity index (χ1) is 13.2. The molecule has 0 fully saturated rings. The molecule has 0 saturated heterocycles. The van der Waals surface area contributed by atoms with E-state index in [1.54, 1.807) is 17.4 Å². The summed E-state index contributed by atoms with van der Waals surface area (Å²) in [5.41, 5.74) is 1.67. The summed E-state index contributed by atoms with van der Waals surface area (Å²) in [6.45, 7) is 3.34. The van der Waals surface area contributed by atoms with E-state index >= 15 is 0 Å². The predicted molar refractivity (Wildman–Crippen MR) is 110 cm³/mol. The normalized spacial score (nSPS) is 19.3. The Kier molecular flexibility index (Phi) is 6.09. The third kappa shape index (κ3) is 4.07. The molecular weight excluding hydrogens is 398 g/mol. The van der Waals surface area contributed by atoms with Crippen molar-refractivity contribution in [2.45, 2.75) is 24.3 Å². The highest BCUT2D eigenvalue weighted by molar-refractivity contribution is 7.89. The number of anilines is 1. The highest BCUT2D eigenvalue weighted by atomic mass is 32.2. The van der Waals surface area contributed by atoms with E-state index < -0.39 is 10.0 Å². The van der Waals surface area contributed by atoms with E-state index in [4.69, 9.17) is 4.74 Å². The van der Waals surface area contributed by atoms with Gasteiger partial charge in [0.25, 0.3) is 5.91 Å². The number of hydrogen-bond donors (Lipinski definition) is 2. The Balaban J connectivity index is 1.77. The second kappa shape index (κ2) is 8.20. The lowest BCUT2D eigenvalue weighted by atomic mass is 10.0. The third-order valence-electron chi connectivity index (χ3n) is 5.14. The monoisotopic (exact) mass is 424 g/mol. The molecule has 7 nitrogen and oxygen atoms in total. The quantitative estimate of drug-likeness (QED) is 0.729. The number of thiophene rings is 1. The first-order valence-corrected chi connectivity index (χ1v) is 11.4. The minimum atomic E-state index is -3.60. The van der Waals surface area contributed by atoms with Gasteiger partial charge in [-0.2, -0.15) is 0 Å². The number of sulfonamides is 1. The summed E-state index contributed by atoms with van der Waals surface area (Å²) in [5, 5.41) is 4.94. The fourth-order valence-electron chi connectivity index (χ4n) is 3.45. The van der Waals surface area contributed by atoms with E-state index in [0.29, 0.717) is 18.0 Å². The maximum absolute atomic E-state index is 12.7. The van der Waals surface area contributed by atoms with Gasteiger partial charge in [0, 0.05) is 31.0 Å². The second-order valence-corrected chi connectivity index (χ2v) is 10.2. The molecule has 1 aliphatic rings. The van der Waals surface area contributed by atoms with Gasteiger partial charge >= 0.3 is 0 Å². The number of hydrogen-bond acceptors (Lipinski definition) is 5. The maximum atomic E-state index is 12.7. The van der Waals surface area contributed by atoms with Crippen LogP contribution in [0.25, 0.3) is 0 Å². The van der Waals surface area contributed by atoms with Gasteiger partial charge in [-0.15, -0.1) is 11.3 Å². The summed E-state index contributed by atoms with van der Waals surface area (Å²) in [7, 11) is 0.826. The lowest BCUT2D eigenvalue weighted by molar-refractivity contribution is -0.923. The zero-order chi connectivity index (χ0) is 20.5. The van der Waals surface area contributed by atoms with Crippen LogP contribution in [0.5, 0.6) is 5.75 Å². The van der Waals surface area contributed by atoms with Gasteiger partial charge in [-0.25, -0.2) is 12.7 Å². The standard InChI is InChI=1S/C19H25N3O4S2/c1-13-15-8-10-27-18(15)7-9-22(13)12-19(23)20-16-11-14(5-6-17(16)26-4)28(24,25)21(2)3/h5-6,8,10-11,13H,7,9,12H2,1-4H3,(H,20,23)/p+1/t13-/m0/s1.